The molecule has 0 bridgehead atoms. The Morgan fingerprint density at radius 3 is 2.47 bits per heavy atom. The standard InChI is InChI=1S/C26H34N4O4/c1-16-7-10-22(19-9-8-18(3)27-13-19)30(15-16)25(33)24(32)29-20-11-17(2)21(28-14-20)12-23(31)34-26(4,5)6/h8-9,11,13-14,16,22H,7,10,12,15H2,1-6H3,(H,29,32)/t16-,22+/m0/s1. The molecule has 1 N–H and O–H groups in total. The molecule has 0 saturated carbocycles. The summed E-state index contributed by atoms with van der Waals surface area (Å²) < 4.78 is 5.35. The van der Waals surface area contributed by atoms with Gasteiger partial charge in [0.05, 0.1) is 30.0 Å². The molecule has 3 rings (SSSR count). The molecule has 2 aromatic rings. The van der Waals surface area contributed by atoms with Crippen LogP contribution in [-0.4, -0.2) is 44.8 Å². The average molecular weight is 467 g/mol. The zero-order valence-corrected chi connectivity index (χ0v) is 20.8. The number of carbonyl (C=O) groups is 3. The first-order valence-corrected chi connectivity index (χ1v) is 11.6. The molecule has 2 aromatic heterocycles. The van der Waals surface area contributed by atoms with Crippen molar-refractivity contribution in [2.24, 2.45) is 5.92 Å². The number of rotatable bonds is 4. The number of amides is 2. The van der Waals surface area contributed by atoms with E-state index in [1.807, 2.05) is 39.8 Å². The van der Waals surface area contributed by atoms with E-state index in [-0.39, 0.29) is 18.4 Å². The van der Waals surface area contributed by atoms with E-state index >= 15 is 0 Å². The summed E-state index contributed by atoms with van der Waals surface area (Å²) in [5, 5.41) is 2.67. The fourth-order valence-electron chi connectivity index (χ4n) is 4.09. The predicted molar refractivity (Wildman–Crippen MR) is 129 cm³/mol. The maximum atomic E-state index is 13.1. The summed E-state index contributed by atoms with van der Waals surface area (Å²) in [6.07, 6.45) is 5.04. The number of nitrogens with one attached hydrogen (secondary N) is 1. The summed E-state index contributed by atoms with van der Waals surface area (Å²) in [5.41, 5.74) is 2.96. The molecule has 0 spiro atoms. The van der Waals surface area contributed by atoms with Gasteiger partial charge in [-0.25, -0.2) is 0 Å². The number of hydrogen-bond donors (Lipinski definition) is 1. The number of hydrogen-bond acceptors (Lipinski definition) is 6. The van der Waals surface area contributed by atoms with Crippen LogP contribution in [0.1, 0.15) is 69.1 Å². The Bertz CT molecular complexity index is 1060. The van der Waals surface area contributed by atoms with Crippen molar-refractivity contribution >= 4 is 23.5 Å². The average Bonchev–Trinajstić information content (AvgIpc) is 2.74. The Hall–Kier alpha value is -3.29. The molecule has 1 aliphatic rings. The van der Waals surface area contributed by atoms with E-state index in [2.05, 4.69) is 22.2 Å². The van der Waals surface area contributed by atoms with Crippen LogP contribution in [0.2, 0.25) is 0 Å². The maximum absolute atomic E-state index is 13.1. The minimum Gasteiger partial charge on any atom is -0.460 e. The van der Waals surface area contributed by atoms with Crippen molar-refractivity contribution in [1.29, 1.82) is 0 Å². The number of anilines is 1. The number of likely N-dealkylation sites (tertiary alicyclic amines) is 1. The molecule has 8 heteroatoms. The van der Waals surface area contributed by atoms with Crippen molar-refractivity contribution in [1.82, 2.24) is 14.9 Å². The summed E-state index contributed by atoms with van der Waals surface area (Å²) in [5.74, 6) is -1.35. The van der Waals surface area contributed by atoms with Gasteiger partial charge in [-0.15, -0.1) is 0 Å². The Morgan fingerprint density at radius 1 is 1.12 bits per heavy atom. The lowest BCUT2D eigenvalue weighted by Crippen LogP contribution is -2.46. The van der Waals surface area contributed by atoms with Gasteiger partial charge in [-0.05, 0) is 76.6 Å². The Labute approximate surface area is 201 Å². The summed E-state index contributed by atoms with van der Waals surface area (Å²) in [6.45, 7) is 11.7. The molecular formula is C26H34N4O4. The fraction of sp³-hybridized carbons (Fsp3) is 0.500. The van der Waals surface area contributed by atoms with Gasteiger partial charge in [0, 0.05) is 18.4 Å². The number of nitrogens with zero attached hydrogens (tertiary/aromatic N) is 3. The molecule has 0 aromatic carbocycles. The normalized spacial score (nSPS) is 18.4. The SMILES string of the molecule is Cc1ccc([C@H]2CC[C@H](C)CN2C(=O)C(=O)Nc2cnc(CC(=O)OC(C)(C)C)c(C)c2)cn1. The zero-order valence-electron chi connectivity index (χ0n) is 20.8. The van der Waals surface area contributed by atoms with Crippen LogP contribution in [0.5, 0.6) is 0 Å². The Balaban J connectivity index is 1.70. The molecular weight excluding hydrogens is 432 g/mol. The van der Waals surface area contributed by atoms with Crippen molar-refractivity contribution < 1.29 is 19.1 Å². The van der Waals surface area contributed by atoms with Crippen molar-refractivity contribution in [3.05, 3.63) is 53.1 Å². The van der Waals surface area contributed by atoms with E-state index in [9.17, 15) is 14.4 Å². The molecule has 3 heterocycles. The first-order valence-electron chi connectivity index (χ1n) is 11.6. The molecule has 1 saturated heterocycles. The number of esters is 1. The highest BCUT2D eigenvalue weighted by molar-refractivity contribution is 6.39. The number of piperidine rings is 1. The molecule has 2 atom stereocenters. The highest BCUT2D eigenvalue weighted by Gasteiger charge is 2.34. The minimum absolute atomic E-state index is 0.0359. The van der Waals surface area contributed by atoms with Gasteiger partial charge >= 0.3 is 17.8 Å². The summed E-state index contributed by atoms with van der Waals surface area (Å²) in [6, 6.07) is 5.41. The third kappa shape index (κ3) is 6.62. The van der Waals surface area contributed by atoms with Gasteiger partial charge in [-0.2, -0.15) is 0 Å². The van der Waals surface area contributed by atoms with E-state index in [0.717, 1.165) is 29.7 Å². The number of aromatic nitrogens is 2. The Kier molecular flexibility index (Phi) is 7.69. The molecule has 8 nitrogen and oxygen atoms in total. The van der Waals surface area contributed by atoms with Gasteiger partial charge in [0.1, 0.15) is 5.60 Å². The fourth-order valence-corrected chi connectivity index (χ4v) is 4.09. The second-order valence-electron chi connectivity index (χ2n) is 10.1. The third-order valence-corrected chi connectivity index (χ3v) is 5.77. The molecule has 0 radical (unpaired) electrons. The van der Waals surface area contributed by atoms with Gasteiger partial charge in [0.15, 0.2) is 0 Å². The number of aryl methyl sites for hydroxylation is 2. The molecule has 0 unspecified atom stereocenters. The van der Waals surface area contributed by atoms with Gasteiger partial charge < -0.3 is 15.0 Å². The van der Waals surface area contributed by atoms with Crippen LogP contribution in [0.4, 0.5) is 5.69 Å². The number of pyridine rings is 2. The summed E-state index contributed by atoms with van der Waals surface area (Å²) in [4.78, 5) is 48.4. The molecule has 1 aliphatic heterocycles. The van der Waals surface area contributed by atoms with E-state index in [0.29, 0.717) is 23.8 Å². The van der Waals surface area contributed by atoms with Crippen LogP contribution in [0.25, 0.3) is 0 Å². The van der Waals surface area contributed by atoms with Crippen LogP contribution < -0.4 is 5.32 Å². The highest BCUT2D eigenvalue weighted by Crippen LogP contribution is 2.33. The van der Waals surface area contributed by atoms with Gasteiger partial charge in [0.25, 0.3) is 0 Å². The number of ether oxygens (including phenoxy) is 1. The monoisotopic (exact) mass is 466 g/mol. The van der Waals surface area contributed by atoms with Crippen LogP contribution in [0.3, 0.4) is 0 Å². The lowest BCUT2D eigenvalue weighted by atomic mass is 9.90. The lowest BCUT2D eigenvalue weighted by Gasteiger charge is -2.38. The highest BCUT2D eigenvalue weighted by atomic mass is 16.6. The van der Waals surface area contributed by atoms with Gasteiger partial charge in [-0.1, -0.05) is 13.0 Å². The van der Waals surface area contributed by atoms with Crippen LogP contribution in [0.15, 0.2) is 30.6 Å². The van der Waals surface area contributed by atoms with Crippen LogP contribution in [-0.2, 0) is 25.5 Å². The summed E-state index contributed by atoms with van der Waals surface area (Å²) in [7, 11) is 0. The summed E-state index contributed by atoms with van der Waals surface area (Å²) >= 11 is 0. The van der Waals surface area contributed by atoms with Crippen molar-refractivity contribution in [2.75, 3.05) is 11.9 Å². The predicted octanol–water partition coefficient (Wildman–Crippen LogP) is 3.92. The molecule has 34 heavy (non-hydrogen) atoms. The van der Waals surface area contributed by atoms with E-state index in [1.54, 1.807) is 24.1 Å². The van der Waals surface area contributed by atoms with Crippen molar-refractivity contribution in [3.63, 3.8) is 0 Å². The molecule has 182 valence electrons. The van der Waals surface area contributed by atoms with E-state index in [1.165, 1.54) is 6.20 Å². The quantitative estimate of drug-likeness (QED) is 0.541. The Morgan fingerprint density at radius 2 is 1.85 bits per heavy atom. The van der Waals surface area contributed by atoms with Crippen molar-refractivity contribution in [3.8, 4) is 0 Å². The smallest absolute Gasteiger partial charge is 0.313 e. The minimum atomic E-state index is -0.708. The second-order valence-corrected chi connectivity index (χ2v) is 10.1. The van der Waals surface area contributed by atoms with Crippen molar-refractivity contribution in [2.45, 2.75) is 72.4 Å². The van der Waals surface area contributed by atoms with Crippen LogP contribution >= 0.6 is 0 Å². The van der Waals surface area contributed by atoms with Gasteiger partial charge in [-0.3, -0.25) is 24.4 Å². The molecule has 2 amide bonds. The van der Waals surface area contributed by atoms with Crippen LogP contribution in [0, 0.1) is 19.8 Å². The second kappa shape index (κ2) is 10.3. The van der Waals surface area contributed by atoms with E-state index < -0.39 is 17.4 Å². The number of carbonyl (C=O) groups excluding carboxylic acids is 3. The first-order chi connectivity index (χ1) is 15.9. The molecule has 0 aliphatic carbocycles. The zero-order chi connectivity index (χ0) is 25.0. The topological polar surface area (TPSA) is 101 Å². The lowest BCUT2D eigenvalue weighted by molar-refractivity contribution is -0.154. The first kappa shape index (κ1) is 25.3. The molecule has 1 fully saturated rings. The largest absolute Gasteiger partial charge is 0.460 e. The third-order valence-electron chi connectivity index (χ3n) is 5.77. The van der Waals surface area contributed by atoms with Gasteiger partial charge in [0.2, 0.25) is 0 Å². The maximum Gasteiger partial charge on any atom is 0.313 e. The van der Waals surface area contributed by atoms with E-state index in [4.69, 9.17) is 4.74 Å².